The average molecular weight is 637 g/mol. The molecule has 0 aliphatic carbocycles. The first-order chi connectivity index (χ1) is 24.8. The Morgan fingerprint density at radius 3 is 1.60 bits per heavy atom. The van der Waals surface area contributed by atoms with Crippen molar-refractivity contribution < 1.29 is 0 Å². The second-order valence-electron chi connectivity index (χ2n) is 13.0. The second kappa shape index (κ2) is 10.4. The summed E-state index contributed by atoms with van der Waals surface area (Å²) in [4.78, 5) is 10.2. The van der Waals surface area contributed by atoms with Gasteiger partial charge in [-0.1, -0.05) is 127 Å². The third-order valence-electron chi connectivity index (χ3n) is 10.3. The summed E-state index contributed by atoms with van der Waals surface area (Å²) >= 11 is 0. The van der Waals surface area contributed by atoms with Gasteiger partial charge in [0.2, 0.25) is 0 Å². The van der Waals surface area contributed by atoms with Crippen LogP contribution in [0.3, 0.4) is 0 Å². The van der Waals surface area contributed by atoms with Crippen LogP contribution in [0.2, 0.25) is 0 Å². The molecule has 4 nitrogen and oxygen atoms in total. The molecule has 0 atom stereocenters. The average Bonchev–Trinajstić information content (AvgIpc) is 3.83. The van der Waals surface area contributed by atoms with E-state index in [2.05, 4.69) is 155 Å². The van der Waals surface area contributed by atoms with Crippen molar-refractivity contribution in [1.29, 1.82) is 0 Å². The Morgan fingerprint density at radius 1 is 0.340 bits per heavy atom. The van der Waals surface area contributed by atoms with Crippen LogP contribution in [-0.4, -0.2) is 18.9 Å². The third kappa shape index (κ3) is 3.87. The molecule has 4 aromatic heterocycles. The van der Waals surface area contributed by atoms with Gasteiger partial charge in [-0.05, 0) is 47.5 Å². The summed E-state index contributed by atoms with van der Waals surface area (Å²) in [5.74, 6) is 1.55. The summed E-state index contributed by atoms with van der Waals surface area (Å²) in [6.45, 7) is 0. The second-order valence-corrected chi connectivity index (χ2v) is 13.0. The third-order valence-corrected chi connectivity index (χ3v) is 10.3. The molecule has 0 unspecified atom stereocenters. The first-order valence-corrected chi connectivity index (χ1v) is 17.0. The van der Waals surface area contributed by atoms with Crippen molar-refractivity contribution in [1.82, 2.24) is 18.9 Å². The van der Waals surface area contributed by atoms with Crippen LogP contribution in [-0.2, 0) is 0 Å². The van der Waals surface area contributed by atoms with Crippen LogP contribution >= 0.6 is 0 Å². The van der Waals surface area contributed by atoms with Gasteiger partial charge in [-0.15, -0.1) is 0 Å². The number of fused-ring (bicyclic) bond motifs is 9. The number of rotatable bonds is 4. The summed E-state index contributed by atoms with van der Waals surface area (Å²) in [5.41, 5.74) is 11.4. The number of benzene rings is 7. The lowest BCUT2D eigenvalue weighted by Gasteiger charge is -2.12. The van der Waals surface area contributed by atoms with Crippen molar-refractivity contribution in [2.45, 2.75) is 0 Å². The van der Waals surface area contributed by atoms with E-state index < -0.39 is 0 Å². The molecule has 11 rings (SSSR count). The molecule has 0 fully saturated rings. The van der Waals surface area contributed by atoms with Gasteiger partial charge in [0.1, 0.15) is 5.82 Å². The lowest BCUT2D eigenvalue weighted by Crippen LogP contribution is -2.02. The van der Waals surface area contributed by atoms with Gasteiger partial charge >= 0.3 is 0 Å². The number of nitrogens with zero attached hydrogens (tertiary/aromatic N) is 4. The Hall–Kier alpha value is -6.78. The van der Waals surface area contributed by atoms with Crippen LogP contribution in [0.15, 0.2) is 170 Å². The molecule has 4 heteroatoms. The summed E-state index contributed by atoms with van der Waals surface area (Å²) < 4.78 is 4.72. The van der Waals surface area contributed by atoms with Gasteiger partial charge in [0, 0.05) is 49.5 Å². The molecule has 0 N–H and O–H groups in total. The predicted molar refractivity (Wildman–Crippen MR) is 207 cm³/mol. The lowest BCUT2D eigenvalue weighted by molar-refractivity contribution is 1.05. The minimum Gasteiger partial charge on any atom is -0.308 e. The Morgan fingerprint density at radius 2 is 0.860 bits per heavy atom. The number of aromatic nitrogens is 4. The summed E-state index contributed by atoms with van der Waals surface area (Å²) in [7, 11) is 0. The summed E-state index contributed by atoms with van der Waals surface area (Å²) in [5, 5.41) is 7.56. The molecule has 0 saturated heterocycles. The molecule has 11 aromatic rings. The van der Waals surface area contributed by atoms with Gasteiger partial charge in [0.25, 0.3) is 0 Å². The van der Waals surface area contributed by atoms with Crippen LogP contribution in [0.5, 0.6) is 0 Å². The minimum absolute atomic E-state index is 0.705. The number of hydrogen-bond acceptors (Lipinski definition) is 2. The quantitative estimate of drug-likeness (QED) is 0.193. The van der Waals surface area contributed by atoms with Crippen molar-refractivity contribution >= 4 is 59.9 Å². The Labute approximate surface area is 287 Å². The van der Waals surface area contributed by atoms with Gasteiger partial charge in [0.05, 0.1) is 33.3 Å². The van der Waals surface area contributed by atoms with Crippen LogP contribution in [0.4, 0.5) is 0 Å². The molecule has 0 radical (unpaired) electrons. The standard InChI is InChI=1S/C46H28N4/c1-3-12-29(13-4-1)39-28-44(48-46(47-39)30-14-5-2-6-15-30)49-40-20-9-8-17-34(40)37-26-31(22-24-42(37)49)32-23-25-43-38(27-32)36-19-11-18-35-33-16-7-10-21-41(33)50(43)45(35)36/h1-28H. The first kappa shape index (κ1) is 27.2. The van der Waals surface area contributed by atoms with E-state index in [1.54, 1.807) is 0 Å². The van der Waals surface area contributed by atoms with E-state index in [0.29, 0.717) is 5.82 Å². The fraction of sp³-hybridized carbons (Fsp3) is 0. The normalized spacial score (nSPS) is 12.0. The van der Waals surface area contributed by atoms with E-state index in [4.69, 9.17) is 9.97 Å². The van der Waals surface area contributed by atoms with Crippen molar-refractivity contribution in [3.8, 4) is 39.6 Å². The number of para-hydroxylation sites is 3. The molecule has 4 heterocycles. The topological polar surface area (TPSA) is 35.1 Å². The van der Waals surface area contributed by atoms with Gasteiger partial charge < -0.3 is 4.40 Å². The molecule has 232 valence electrons. The predicted octanol–water partition coefficient (Wildman–Crippen LogP) is 11.7. The van der Waals surface area contributed by atoms with E-state index >= 15 is 0 Å². The van der Waals surface area contributed by atoms with Crippen LogP contribution < -0.4 is 0 Å². The van der Waals surface area contributed by atoms with Gasteiger partial charge in [-0.3, -0.25) is 4.57 Å². The Balaban J connectivity index is 1.12. The van der Waals surface area contributed by atoms with E-state index in [-0.39, 0.29) is 0 Å². The molecule has 0 spiro atoms. The van der Waals surface area contributed by atoms with Crippen LogP contribution in [0.25, 0.3) is 99.5 Å². The maximum Gasteiger partial charge on any atom is 0.162 e. The highest BCUT2D eigenvalue weighted by molar-refractivity contribution is 6.23. The first-order valence-electron chi connectivity index (χ1n) is 17.0. The molecule has 7 aromatic carbocycles. The maximum atomic E-state index is 5.20. The van der Waals surface area contributed by atoms with Crippen molar-refractivity contribution in [2.24, 2.45) is 0 Å². The molecule has 50 heavy (non-hydrogen) atoms. The smallest absolute Gasteiger partial charge is 0.162 e. The molecule has 0 amide bonds. The zero-order chi connectivity index (χ0) is 32.8. The highest BCUT2D eigenvalue weighted by Gasteiger charge is 2.19. The SMILES string of the molecule is c1ccc(-c2cc(-n3c4ccccc4c4cc(-c5ccc6c(c5)c5cccc7c8ccccc8n6c75)ccc43)nc(-c3ccccc3)n2)cc1. The molecular weight excluding hydrogens is 609 g/mol. The fourth-order valence-corrected chi connectivity index (χ4v) is 8.03. The largest absolute Gasteiger partial charge is 0.308 e. The molecule has 0 bridgehead atoms. The zero-order valence-electron chi connectivity index (χ0n) is 27.0. The van der Waals surface area contributed by atoms with Gasteiger partial charge in [-0.2, -0.15) is 0 Å². The van der Waals surface area contributed by atoms with Crippen molar-refractivity contribution in [3.05, 3.63) is 170 Å². The maximum absolute atomic E-state index is 5.20. The van der Waals surface area contributed by atoms with E-state index in [9.17, 15) is 0 Å². The lowest BCUT2D eigenvalue weighted by atomic mass is 10.00. The number of hydrogen-bond donors (Lipinski definition) is 0. The Kier molecular flexibility index (Phi) is 5.63. The van der Waals surface area contributed by atoms with E-state index in [1.165, 1.54) is 60.0 Å². The Bertz CT molecular complexity index is 3020. The molecule has 0 saturated carbocycles. The van der Waals surface area contributed by atoms with Crippen molar-refractivity contribution in [2.75, 3.05) is 0 Å². The zero-order valence-corrected chi connectivity index (χ0v) is 27.0. The highest BCUT2D eigenvalue weighted by Crippen LogP contribution is 2.41. The fourth-order valence-electron chi connectivity index (χ4n) is 8.03. The van der Waals surface area contributed by atoms with Gasteiger partial charge in [0.15, 0.2) is 5.82 Å². The van der Waals surface area contributed by atoms with Crippen molar-refractivity contribution in [3.63, 3.8) is 0 Å². The van der Waals surface area contributed by atoms with E-state index in [0.717, 1.165) is 33.7 Å². The minimum atomic E-state index is 0.705. The highest BCUT2D eigenvalue weighted by atomic mass is 15.1. The summed E-state index contributed by atoms with van der Waals surface area (Å²) in [6, 6.07) is 60.6. The van der Waals surface area contributed by atoms with Crippen LogP contribution in [0, 0.1) is 0 Å². The summed E-state index contributed by atoms with van der Waals surface area (Å²) in [6.07, 6.45) is 0. The van der Waals surface area contributed by atoms with Crippen LogP contribution in [0.1, 0.15) is 0 Å². The molecule has 0 aliphatic heterocycles. The monoisotopic (exact) mass is 636 g/mol. The van der Waals surface area contributed by atoms with E-state index in [1.807, 2.05) is 24.3 Å². The van der Waals surface area contributed by atoms with Gasteiger partial charge in [-0.25, -0.2) is 9.97 Å². The molecule has 0 aliphatic rings. The molecular formula is C46H28N4.